The standard InChI is InChI=1S/C23H32N6O3/c1-14(2)7-10-29-21(31)6-5-18-16(4)24-22(26-23(18)29)17-8-9-28(12-17)13-20(30)25-19-11-15(3)32-27-19/h11,14,17H,5-10,12-13H2,1-4H3,(H,25,27,30)/t17-/m1/s1. The van der Waals surface area contributed by atoms with Crippen LogP contribution < -0.4 is 10.2 Å². The van der Waals surface area contributed by atoms with Crippen molar-refractivity contribution in [2.24, 2.45) is 5.92 Å². The van der Waals surface area contributed by atoms with Crippen LogP contribution in [0.4, 0.5) is 11.6 Å². The molecule has 2 aromatic heterocycles. The van der Waals surface area contributed by atoms with Crippen molar-refractivity contribution in [1.29, 1.82) is 0 Å². The molecule has 2 aliphatic rings. The number of likely N-dealkylation sites (tertiary alicyclic amines) is 1. The minimum atomic E-state index is -0.119. The van der Waals surface area contributed by atoms with E-state index < -0.39 is 0 Å². The molecule has 1 atom stereocenters. The number of nitrogens with one attached hydrogen (secondary N) is 1. The number of aryl methyl sites for hydroxylation is 2. The van der Waals surface area contributed by atoms with Gasteiger partial charge < -0.3 is 9.84 Å². The zero-order chi connectivity index (χ0) is 22.8. The zero-order valence-electron chi connectivity index (χ0n) is 19.3. The first-order valence-electron chi connectivity index (χ1n) is 11.4. The highest BCUT2D eigenvalue weighted by atomic mass is 16.5. The molecule has 4 rings (SSSR count). The van der Waals surface area contributed by atoms with Crippen LogP contribution in [0.15, 0.2) is 10.6 Å². The molecule has 9 heteroatoms. The number of hydrogen-bond donors (Lipinski definition) is 1. The Morgan fingerprint density at radius 1 is 1.28 bits per heavy atom. The molecule has 2 amide bonds. The SMILES string of the molecule is Cc1cc(NC(=O)CN2CC[C@@H](c3nc(C)c4c(n3)N(CCC(C)C)C(=O)CC4)C2)no1. The van der Waals surface area contributed by atoms with E-state index in [2.05, 4.69) is 29.2 Å². The summed E-state index contributed by atoms with van der Waals surface area (Å²) in [6.45, 7) is 10.6. The third kappa shape index (κ3) is 4.98. The summed E-state index contributed by atoms with van der Waals surface area (Å²) in [5.74, 6) is 3.35. The number of aromatic nitrogens is 3. The summed E-state index contributed by atoms with van der Waals surface area (Å²) >= 11 is 0. The molecule has 4 heterocycles. The maximum absolute atomic E-state index is 12.6. The van der Waals surface area contributed by atoms with Gasteiger partial charge in [0.2, 0.25) is 11.8 Å². The minimum Gasteiger partial charge on any atom is -0.360 e. The molecule has 1 N–H and O–H groups in total. The molecular formula is C23H32N6O3. The van der Waals surface area contributed by atoms with Gasteiger partial charge in [0.15, 0.2) is 5.82 Å². The van der Waals surface area contributed by atoms with E-state index in [0.717, 1.165) is 42.3 Å². The van der Waals surface area contributed by atoms with Crippen molar-refractivity contribution in [3.8, 4) is 0 Å². The maximum Gasteiger partial charge on any atom is 0.239 e. The van der Waals surface area contributed by atoms with Crippen molar-refractivity contribution in [3.05, 3.63) is 28.9 Å². The normalized spacial score (nSPS) is 19.0. The van der Waals surface area contributed by atoms with Gasteiger partial charge in [-0.2, -0.15) is 0 Å². The Morgan fingerprint density at radius 3 is 2.81 bits per heavy atom. The molecule has 0 saturated carbocycles. The second-order valence-electron chi connectivity index (χ2n) is 9.29. The summed E-state index contributed by atoms with van der Waals surface area (Å²) in [5, 5.41) is 6.57. The second-order valence-corrected chi connectivity index (χ2v) is 9.29. The van der Waals surface area contributed by atoms with E-state index >= 15 is 0 Å². The fourth-order valence-corrected chi connectivity index (χ4v) is 4.40. The predicted molar refractivity (Wildman–Crippen MR) is 121 cm³/mol. The third-order valence-electron chi connectivity index (χ3n) is 6.19. The van der Waals surface area contributed by atoms with Crippen LogP contribution in [0.1, 0.15) is 61.9 Å². The van der Waals surface area contributed by atoms with Crippen LogP contribution in [0, 0.1) is 19.8 Å². The number of carbonyl (C=O) groups is 2. The Bertz CT molecular complexity index is 1000. The largest absolute Gasteiger partial charge is 0.360 e. The molecule has 1 saturated heterocycles. The molecule has 1 fully saturated rings. The first kappa shape index (κ1) is 22.4. The highest BCUT2D eigenvalue weighted by Gasteiger charge is 2.32. The Labute approximate surface area is 188 Å². The van der Waals surface area contributed by atoms with Gasteiger partial charge in [-0.05, 0) is 45.6 Å². The molecule has 0 aromatic carbocycles. The average Bonchev–Trinajstić information content (AvgIpc) is 3.35. The molecular weight excluding hydrogens is 408 g/mol. The highest BCUT2D eigenvalue weighted by molar-refractivity contribution is 5.95. The number of carbonyl (C=O) groups excluding carboxylic acids is 2. The Balaban J connectivity index is 1.44. The molecule has 2 aromatic rings. The smallest absolute Gasteiger partial charge is 0.239 e. The fraction of sp³-hybridized carbons (Fsp3) is 0.609. The molecule has 0 aliphatic carbocycles. The quantitative estimate of drug-likeness (QED) is 0.706. The molecule has 0 spiro atoms. The van der Waals surface area contributed by atoms with Crippen molar-refractivity contribution in [2.75, 3.05) is 36.4 Å². The number of nitrogens with zero attached hydrogens (tertiary/aromatic N) is 5. The van der Waals surface area contributed by atoms with E-state index in [9.17, 15) is 9.59 Å². The summed E-state index contributed by atoms with van der Waals surface area (Å²) in [6, 6.07) is 1.70. The van der Waals surface area contributed by atoms with Gasteiger partial charge in [0.1, 0.15) is 17.4 Å². The van der Waals surface area contributed by atoms with Crippen LogP contribution in [0.25, 0.3) is 0 Å². The lowest BCUT2D eigenvalue weighted by Gasteiger charge is -2.30. The average molecular weight is 441 g/mol. The van der Waals surface area contributed by atoms with Gasteiger partial charge in [0.25, 0.3) is 0 Å². The molecule has 172 valence electrons. The first-order chi connectivity index (χ1) is 15.3. The summed E-state index contributed by atoms with van der Waals surface area (Å²) in [4.78, 5) is 38.7. The maximum atomic E-state index is 12.6. The van der Waals surface area contributed by atoms with E-state index in [1.165, 1.54) is 0 Å². The van der Waals surface area contributed by atoms with Gasteiger partial charge >= 0.3 is 0 Å². The van der Waals surface area contributed by atoms with Crippen LogP contribution in [-0.2, 0) is 16.0 Å². The minimum absolute atomic E-state index is 0.119. The summed E-state index contributed by atoms with van der Waals surface area (Å²) < 4.78 is 4.99. The number of hydrogen-bond acceptors (Lipinski definition) is 7. The third-order valence-corrected chi connectivity index (χ3v) is 6.19. The molecule has 9 nitrogen and oxygen atoms in total. The molecule has 2 aliphatic heterocycles. The van der Waals surface area contributed by atoms with Crippen molar-refractivity contribution < 1.29 is 14.1 Å². The lowest BCUT2D eigenvalue weighted by molar-refractivity contribution is -0.119. The van der Waals surface area contributed by atoms with Gasteiger partial charge in [0.05, 0.1) is 6.54 Å². The van der Waals surface area contributed by atoms with Crippen molar-refractivity contribution in [1.82, 2.24) is 20.0 Å². The Hall–Kier alpha value is -2.81. The Kier molecular flexibility index (Phi) is 6.55. The van der Waals surface area contributed by atoms with Gasteiger partial charge in [0, 0.05) is 42.8 Å². The number of rotatable bonds is 7. The van der Waals surface area contributed by atoms with Crippen molar-refractivity contribution in [3.63, 3.8) is 0 Å². The van der Waals surface area contributed by atoms with Gasteiger partial charge in [-0.3, -0.25) is 19.4 Å². The monoisotopic (exact) mass is 440 g/mol. The van der Waals surface area contributed by atoms with E-state index in [-0.39, 0.29) is 24.3 Å². The van der Waals surface area contributed by atoms with Gasteiger partial charge in [-0.1, -0.05) is 19.0 Å². The van der Waals surface area contributed by atoms with E-state index in [1.807, 2.05) is 11.8 Å². The van der Waals surface area contributed by atoms with E-state index in [1.54, 1.807) is 13.0 Å². The summed E-state index contributed by atoms with van der Waals surface area (Å²) in [6.07, 6.45) is 3.05. The van der Waals surface area contributed by atoms with E-state index in [0.29, 0.717) is 43.4 Å². The van der Waals surface area contributed by atoms with Crippen LogP contribution in [-0.4, -0.2) is 58.0 Å². The highest BCUT2D eigenvalue weighted by Crippen LogP contribution is 2.32. The predicted octanol–water partition coefficient (Wildman–Crippen LogP) is 2.83. The van der Waals surface area contributed by atoms with Crippen LogP contribution >= 0.6 is 0 Å². The van der Waals surface area contributed by atoms with E-state index in [4.69, 9.17) is 14.5 Å². The number of anilines is 2. The first-order valence-corrected chi connectivity index (χ1v) is 11.4. The van der Waals surface area contributed by atoms with Crippen molar-refractivity contribution in [2.45, 2.75) is 59.3 Å². The second kappa shape index (κ2) is 9.36. The van der Waals surface area contributed by atoms with Crippen molar-refractivity contribution >= 4 is 23.5 Å². The molecule has 0 radical (unpaired) electrons. The fourth-order valence-electron chi connectivity index (χ4n) is 4.40. The van der Waals surface area contributed by atoms with Gasteiger partial charge in [-0.25, -0.2) is 9.97 Å². The molecule has 32 heavy (non-hydrogen) atoms. The Morgan fingerprint density at radius 2 is 2.09 bits per heavy atom. The van der Waals surface area contributed by atoms with Crippen LogP contribution in [0.2, 0.25) is 0 Å². The topological polar surface area (TPSA) is 104 Å². The van der Waals surface area contributed by atoms with Gasteiger partial charge in [-0.15, -0.1) is 0 Å². The lowest BCUT2D eigenvalue weighted by atomic mass is 10.0. The van der Waals surface area contributed by atoms with Crippen LogP contribution in [0.3, 0.4) is 0 Å². The molecule has 0 unspecified atom stereocenters. The summed E-state index contributed by atoms with van der Waals surface area (Å²) in [5.41, 5.74) is 2.05. The molecule has 0 bridgehead atoms. The number of amides is 2. The van der Waals surface area contributed by atoms with Crippen LogP contribution in [0.5, 0.6) is 0 Å². The summed E-state index contributed by atoms with van der Waals surface area (Å²) in [7, 11) is 0. The zero-order valence-corrected chi connectivity index (χ0v) is 19.3. The lowest BCUT2D eigenvalue weighted by Crippen LogP contribution is -2.38. The number of fused-ring (bicyclic) bond motifs is 1.